The summed E-state index contributed by atoms with van der Waals surface area (Å²) in [5, 5.41) is 0. The fraction of sp³-hybridized carbons (Fsp3) is 0.0909. The number of nitrogens with zero attached hydrogens (tertiary/aromatic N) is 1. The van der Waals surface area contributed by atoms with Crippen LogP contribution in [0.4, 0.5) is 0 Å². The molecule has 0 spiro atoms. The van der Waals surface area contributed by atoms with Crippen molar-refractivity contribution in [3.05, 3.63) is 39.1 Å². The zero-order chi connectivity index (χ0) is 10.8. The molecule has 1 aliphatic heterocycles. The summed E-state index contributed by atoms with van der Waals surface area (Å²) >= 11 is 2.21. The van der Waals surface area contributed by atoms with Gasteiger partial charge in [-0.25, -0.2) is 9.79 Å². The first-order valence-electron chi connectivity index (χ1n) is 4.40. The van der Waals surface area contributed by atoms with Crippen LogP contribution in [0.5, 0.6) is 0 Å². The standard InChI is InChI=1S/C11H8INO2/c1-7-13-10(11(14)15-7)6-8-4-2-3-5-9(8)12/h2-6H,1H3/b10-6-. The van der Waals surface area contributed by atoms with Gasteiger partial charge < -0.3 is 4.74 Å². The highest BCUT2D eigenvalue weighted by Crippen LogP contribution is 2.19. The summed E-state index contributed by atoms with van der Waals surface area (Å²) < 4.78 is 5.91. The van der Waals surface area contributed by atoms with Crippen LogP contribution < -0.4 is 0 Å². The van der Waals surface area contributed by atoms with E-state index in [9.17, 15) is 4.79 Å². The van der Waals surface area contributed by atoms with Crippen molar-refractivity contribution >= 4 is 40.5 Å². The van der Waals surface area contributed by atoms with Crippen LogP contribution in [0.15, 0.2) is 35.0 Å². The minimum Gasteiger partial charge on any atom is -0.407 e. The predicted octanol–water partition coefficient (Wildman–Crippen LogP) is 2.61. The first-order valence-corrected chi connectivity index (χ1v) is 5.48. The summed E-state index contributed by atoms with van der Waals surface area (Å²) in [6, 6.07) is 7.78. The zero-order valence-corrected chi connectivity index (χ0v) is 10.2. The maximum absolute atomic E-state index is 11.3. The highest BCUT2D eigenvalue weighted by atomic mass is 127. The van der Waals surface area contributed by atoms with E-state index in [1.165, 1.54) is 0 Å². The number of benzene rings is 1. The van der Waals surface area contributed by atoms with Gasteiger partial charge in [-0.05, 0) is 40.3 Å². The van der Waals surface area contributed by atoms with Gasteiger partial charge in [0.2, 0.25) is 0 Å². The molecule has 1 aliphatic rings. The van der Waals surface area contributed by atoms with Crippen LogP contribution in [0.2, 0.25) is 0 Å². The van der Waals surface area contributed by atoms with E-state index >= 15 is 0 Å². The number of hydrogen-bond donors (Lipinski definition) is 0. The van der Waals surface area contributed by atoms with E-state index in [-0.39, 0.29) is 5.97 Å². The molecule has 0 amide bonds. The fourth-order valence-corrected chi connectivity index (χ4v) is 1.80. The van der Waals surface area contributed by atoms with Crippen LogP contribution in [0.3, 0.4) is 0 Å². The van der Waals surface area contributed by atoms with Gasteiger partial charge in [-0.15, -0.1) is 0 Å². The molecule has 3 nitrogen and oxygen atoms in total. The third kappa shape index (κ3) is 2.26. The van der Waals surface area contributed by atoms with E-state index < -0.39 is 0 Å². The van der Waals surface area contributed by atoms with E-state index in [1.807, 2.05) is 24.3 Å². The van der Waals surface area contributed by atoms with E-state index in [4.69, 9.17) is 4.74 Å². The normalized spacial score (nSPS) is 17.9. The lowest BCUT2D eigenvalue weighted by Crippen LogP contribution is -1.99. The first-order chi connectivity index (χ1) is 7.16. The lowest BCUT2D eigenvalue weighted by Gasteiger charge is -1.96. The number of halogens is 1. The molecule has 0 atom stereocenters. The third-order valence-corrected chi connectivity index (χ3v) is 2.91. The van der Waals surface area contributed by atoms with Crippen molar-refractivity contribution in [3.8, 4) is 0 Å². The Hall–Kier alpha value is -1.17. The molecule has 0 saturated heterocycles. The number of aliphatic imine (C=N–C) groups is 1. The Morgan fingerprint density at radius 3 is 2.73 bits per heavy atom. The van der Waals surface area contributed by atoms with Crippen molar-refractivity contribution in [2.75, 3.05) is 0 Å². The van der Waals surface area contributed by atoms with Gasteiger partial charge in [0.1, 0.15) is 0 Å². The number of cyclic esters (lactones) is 1. The van der Waals surface area contributed by atoms with Gasteiger partial charge in [0.15, 0.2) is 11.6 Å². The van der Waals surface area contributed by atoms with Crippen LogP contribution in [0, 0.1) is 3.57 Å². The van der Waals surface area contributed by atoms with Crippen LogP contribution in [0.25, 0.3) is 6.08 Å². The fourth-order valence-electron chi connectivity index (χ4n) is 1.26. The third-order valence-electron chi connectivity index (χ3n) is 1.92. The zero-order valence-electron chi connectivity index (χ0n) is 8.03. The second-order valence-corrected chi connectivity index (χ2v) is 4.23. The predicted molar refractivity (Wildman–Crippen MR) is 66.3 cm³/mol. The number of hydrogen-bond acceptors (Lipinski definition) is 3. The van der Waals surface area contributed by atoms with Crippen molar-refractivity contribution < 1.29 is 9.53 Å². The molecule has 0 saturated carbocycles. The molecule has 0 fully saturated rings. The molecular weight excluding hydrogens is 305 g/mol. The van der Waals surface area contributed by atoms with E-state index in [0.717, 1.165) is 9.13 Å². The minimum absolute atomic E-state index is 0.358. The molecule has 0 bridgehead atoms. The molecule has 0 radical (unpaired) electrons. The van der Waals surface area contributed by atoms with Gasteiger partial charge in [-0.1, -0.05) is 18.2 Å². The van der Waals surface area contributed by atoms with Gasteiger partial charge >= 0.3 is 5.97 Å². The molecular formula is C11H8INO2. The van der Waals surface area contributed by atoms with Crippen LogP contribution in [-0.2, 0) is 9.53 Å². The maximum Gasteiger partial charge on any atom is 0.363 e. The van der Waals surface area contributed by atoms with Crippen molar-refractivity contribution in [3.63, 3.8) is 0 Å². The van der Waals surface area contributed by atoms with Crippen molar-refractivity contribution in [2.45, 2.75) is 6.92 Å². The molecule has 0 aliphatic carbocycles. The average Bonchev–Trinajstić information content (AvgIpc) is 2.49. The number of carbonyl (C=O) groups is 1. The smallest absolute Gasteiger partial charge is 0.363 e. The van der Waals surface area contributed by atoms with E-state index in [0.29, 0.717) is 11.6 Å². The Kier molecular flexibility index (Phi) is 2.86. The van der Waals surface area contributed by atoms with Crippen molar-refractivity contribution in [1.82, 2.24) is 0 Å². The van der Waals surface area contributed by atoms with Crippen molar-refractivity contribution in [2.24, 2.45) is 4.99 Å². The summed E-state index contributed by atoms with van der Waals surface area (Å²) in [5.74, 6) is 0.0179. The second kappa shape index (κ2) is 4.14. The monoisotopic (exact) mass is 313 g/mol. The Balaban J connectivity index is 2.39. The summed E-state index contributed by atoms with van der Waals surface area (Å²) in [5.41, 5.74) is 1.33. The molecule has 4 heteroatoms. The highest BCUT2D eigenvalue weighted by Gasteiger charge is 2.19. The van der Waals surface area contributed by atoms with Gasteiger partial charge in [0.25, 0.3) is 0 Å². The molecule has 2 rings (SSSR count). The largest absolute Gasteiger partial charge is 0.407 e. The number of ether oxygens (including phenoxy) is 1. The van der Waals surface area contributed by atoms with E-state index in [1.54, 1.807) is 13.0 Å². The number of rotatable bonds is 1. The summed E-state index contributed by atoms with van der Waals surface area (Å²) in [6.45, 7) is 1.66. The number of esters is 1. The lowest BCUT2D eigenvalue weighted by molar-refractivity contribution is -0.130. The molecule has 76 valence electrons. The quantitative estimate of drug-likeness (QED) is 0.454. The Bertz CT molecular complexity index is 477. The van der Waals surface area contributed by atoms with Gasteiger partial charge in [-0.2, -0.15) is 0 Å². The van der Waals surface area contributed by atoms with Gasteiger partial charge in [-0.3, -0.25) is 0 Å². The van der Waals surface area contributed by atoms with Crippen LogP contribution in [-0.4, -0.2) is 11.9 Å². The molecule has 1 aromatic carbocycles. The first kappa shape index (κ1) is 10.4. The Morgan fingerprint density at radius 2 is 2.13 bits per heavy atom. The second-order valence-electron chi connectivity index (χ2n) is 3.07. The van der Waals surface area contributed by atoms with Crippen LogP contribution >= 0.6 is 22.6 Å². The maximum atomic E-state index is 11.3. The average molecular weight is 313 g/mol. The van der Waals surface area contributed by atoms with Crippen LogP contribution in [0.1, 0.15) is 12.5 Å². The number of carbonyl (C=O) groups excluding carboxylic acids is 1. The van der Waals surface area contributed by atoms with Gasteiger partial charge in [0.05, 0.1) is 0 Å². The molecule has 15 heavy (non-hydrogen) atoms. The molecule has 1 aromatic rings. The molecule has 0 N–H and O–H groups in total. The summed E-state index contributed by atoms with van der Waals surface area (Å²) in [6.07, 6.45) is 1.74. The summed E-state index contributed by atoms with van der Waals surface area (Å²) in [4.78, 5) is 15.3. The summed E-state index contributed by atoms with van der Waals surface area (Å²) in [7, 11) is 0. The highest BCUT2D eigenvalue weighted by molar-refractivity contribution is 14.1. The molecule has 0 unspecified atom stereocenters. The van der Waals surface area contributed by atoms with Crippen molar-refractivity contribution in [1.29, 1.82) is 0 Å². The Morgan fingerprint density at radius 1 is 1.40 bits per heavy atom. The van der Waals surface area contributed by atoms with Gasteiger partial charge in [0, 0.05) is 10.5 Å². The minimum atomic E-state index is -0.382. The topological polar surface area (TPSA) is 38.7 Å². The Labute approximate surface area is 101 Å². The van der Waals surface area contributed by atoms with E-state index in [2.05, 4.69) is 27.6 Å². The molecule has 1 heterocycles. The molecule has 0 aromatic heterocycles. The lowest BCUT2D eigenvalue weighted by atomic mass is 10.2. The SMILES string of the molecule is CC1=N/C(=C\c2ccccc2I)C(=O)O1.